The van der Waals surface area contributed by atoms with E-state index in [0.717, 1.165) is 12.8 Å². The second-order valence-electron chi connectivity index (χ2n) is 8.18. The molecule has 0 spiro atoms. The molecule has 26 heavy (non-hydrogen) atoms. The van der Waals surface area contributed by atoms with E-state index in [-0.39, 0.29) is 29.7 Å². The van der Waals surface area contributed by atoms with Crippen LogP contribution in [0.1, 0.15) is 78.1 Å². The lowest BCUT2D eigenvalue weighted by molar-refractivity contribution is -0.144. The van der Waals surface area contributed by atoms with Crippen molar-refractivity contribution in [3.8, 4) is 0 Å². The van der Waals surface area contributed by atoms with Gasteiger partial charge in [0.25, 0.3) is 0 Å². The highest BCUT2D eigenvalue weighted by molar-refractivity contribution is 5.85. The topological polar surface area (TPSA) is 95.5 Å². The van der Waals surface area contributed by atoms with E-state index in [9.17, 15) is 19.5 Å². The predicted molar refractivity (Wildman–Crippen MR) is 99.5 cm³/mol. The van der Waals surface area contributed by atoms with Crippen LogP contribution in [0, 0.1) is 17.8 Å². The van der Waals surface area contributed by atoms with Gasteiger partial charge in [-0.2, -0.15) is 0 Å². The van der Waals surface area contributed by atoms with Gasteiger partial charge in [-0.3, -0.25) is 9.59 Å². The van der Waals surface area contributed by atoms with Crippen LogP contribution in [0.5, 0.6) is 0 Å². The molecule has 2 amide bonds. The fourth-order valence-electron chi connectivity index (χ4n) is 4.22. The fourth-order valence-corrected chi connectivity index (χ4v) is 4.22. The van der Waals surface area contributed by atoms with Gasteiger partial charge >= 0.3 is 5.97 Å². The summed E-state index contributed by atoms with van der Waals surface area (Å²) in [5.41, 5.74) is 0. The van der Waals surface area contributed by atoms with E-state index in [4.69, 9.17) is 0 Å². The van der Waals surface area contributed by atoms with Gasteiger partial charge in [-0.1, -0.05) is 33.1 Å². The monoisotopic (exact) mass is 366 g/mol. The van der Waals surface area contributed by atoms with E-state index in [2.05, 4.69) is 10.6 Å². The molecule has 2 aliphatic carbocycles. The molecule has 2 atom stereocenters. The second kappa shape index (κ2) is 9.93. The van der Waals surface area contributed by atoms with Crippen LogP contribution in [0.15, 0.2) is 0 Å². The number of carbonyl (C=O) groups excluding carboxylic acids is 2. The quantitative estimate of drug-likeness (QED) is 0.615. The SMILES string of the molecule is CC[C@H](C)[C@H](NC(=O)C1CCC(NC(=O)CC2CCCC2)CC1)C(=O)O. The van der Waals surface area contributed by atoms with Crippen molar-refractivity contribution in [3.05, 3.63) is 0 Å². The Morgan fingerprint density at radius 2 is 1.65 bits per heavy atom. The summed E-state index contributed by atoms with van der Waals surface area (Å²) in [6.07, 6.45) is 9.14. The first kappa shape index (κ1) is 20.7. The predicted octanol–water partition coefficient (Wildman–Crippen LogP) is 2.86. The molecule has 0 saturated heterocycles. The summed E-state index contributed by atoms with van der Waals surface area (Å²) in [5.74, 6) is -0.682. The molecule has 2 saturated carbocycles. The average Bonchev–Trinajstić information content (AvgIpc) is 3.11. The summed E-state index contributed by atoms with van der Waals surface area (Å²) in [7, 11) is 0. The third-order valence-corrected chi connectivity index (χ3v) is 6.19. The van der Waals surface area contributed by atoms with E-state index >= 15 is 0 Å². The van der Waals surface area contributed by atoms with Crippen molar-refractivity contribution >= 4 is 17.8 Å². The van der Waals surface area contributed by atoms with Gasteiger partial charge in [0.05, 0.1) is 0 Å². The summed E-state index contributed by atoms with van der Waals surface area (Å²) in [4.78, 5) is 36.0. The van der Waals surface area contributed by atoms with Crippen molar-refractivity contribution < 1.29 is 19.5 Å². The van der Waals surface area contributed by atoms with Crippen LogP contribution < -0.4 is 10.6 Å². The van der Waals surface area contributed by atoms with E-state index in [1.165, 1.54) is 25.7 Å². The van der Waals surface area contributed by atoms with Crippen molar-refractivity contribution in [2.75, 3.05) is 0 Å². The minimum Gasteiger partial charge on any atom is -0.480 e. The molecule has 148 valence electrons. The van der Waals surface area contributed by atoms with Gasteiger partial charge in [0.15, 0.2) is 0 Å². The van der Waals surface area contributed by atoms with Crippen LogP contribution in [0.3, 0.4) is 0 Å². The number of amides is 2. The summed E-state index contributed by atoms with van der Waals surface area (Å²) in [6.45, 7) is 3.77. The highest BCUT2D eigenvalue weighted by Crippen LogP contribution is 2.28. The molecule has 2 aliphatic rings. The average molecular weight is 367 g/mol. The molecule has 0 heterocycles. The number of aliphatic carboxylic acids is 1. The third-order valence-electron chi connectivity index (χ3n) is 6.19. The van der Waals surface area contributed by atoms with Crippen molar-refractivity contribution in [3.63, 3.8) is 0 Å². The van der Waals surface area contributed by atoms with Crippen LogP contribution in [0.4, 0.5) is 0 Å². The molecule has 0 aliphatic heterocycles. The maximum Gasteiger partial charge on any atom is 0.326 e. The van der Waals surface area contributed by atoms with Gasteiger partial charge in [0, 0.05) is 18.4 Å². The summed E-state index contributed by atoms with van der Waals surface area (Å²) < 4.78 is 0. The van der Waals surface area contributed by atoms with Crippen molar-refractivity contribution in [2.24, 2.45) is 17.8 Å². The highest BCUT2D eigenvalue weighted by atomic mass is 16.4. The maximum absolute atomic E-state index is 12.4. The van der Waals surface area contributed by atoms with Crippen molar-refractivity contribution in [2.45, 2.75) is 90.1 Å². The summed E-state index contributed by atoms with van der Waals surface area (Å²) in [6, 6.07) is -0.672. The molecule has 6 nitrogen and oxygen atoms in total. The molecule has 0 unspecified atom stereocenters. The Hall–Kier alpha value is -1.59. The zero-order chi connectivity index (χ0) is 19.1. The Kier molecular flexibility index (Phi) is 7.91. The Labute approximate surface area is 156 Å². The van der Waals surface area contributed by atoms with Gasteiger partial charge in [-0.15, -0.1) is 0 Å². The largest absolute Gasteiger partial charge is 0.480 e. The van der Waals surface area contributed by atoms with Crippen LogP contribution >= 0.6 is 0 Å². The van der Waals surface area contributed by atoms with Crippen LogP contribution in [-0.4, -0.2) is 35.0 Å². The molecule has 3 N–H and O–H groups in total. The molecule has 2 rings (SSSR count). The van der Waals surface area contributed by atoms with Crippen LogP contribution in [0.2, 0.25) is 0 Å². The first-order valence-corrected chi connectivity index (χ1v) is 10.2. The van der Waals surface area contributed by atoms with Gasteiger partial charge in [0.1, 0.15) is 6.04 Å². The number of carboxylic acids is 1. The van der Waals surface area contributed by atoms with Gasteiger partial charge in [-0.25, -0.2) is 4.79 Å². The number of carbonyl (C=O) groups is 3. The lowest BCUT2D eigenvalue weighted by Gasteiger charge is -2.30. The zero-order valence-corrected chi connectivity index (χ0v) is 16.1. The number of nitrogens with one attached hydrogen (secondary N) is 2. The Morgan fingerprint density at radius 1 is 1.04 bits per heavy atom. The molecule has 0 aromatic heterocycles. The Balaban J connectivity index is 1.73. The third kappa shape index (κ3) is 5.99. The molecule has 6 heteroatoms. The molecular formula is C20H34N2O4. The van der Waals surface area contributed by atoms with E-state index < -0.39 is 12.0 Å². The number of hydrogen-bond acceptors (Lipinski definition) is 3. The zero-order valence-electron chi connectivity index (χ0n) is 16.1. The van der Waals surface area contributed by atoms with Crippen LogP contribution in [-0.2, 0) is 14.4 Å². The van der Waals surface area contributed by atoms with E-state index in [0.29, 0.717) is 31.6 Å². The van der Waals surface area contributed by atoms with Gasteiger partial charge < -0.3 is 15.7 Å². The van der Waals surface area contributed by atoms with Gasteiger partial charge in [0.2, 0.25) is 11.8 Å². The summed E-state index contributed by atoms with van der Waals surface area (Å²) in [5, 5.41) is 15.2. The molecule has 0 bridgehead atoms. The molecule has 0 aromatic rings. The van der Waals surface area contributed by atoms with Crippen LogP contribution in [0.25, 0.3) is 0 Å². The summed E-state index contributed by atoms with van der Waals surface area (Å²) >= 11 is 0. The minimum atomic E-state index is -0.972. The molecule has 2 fully saturated rings. The maximum atomic E-state index is 12.4. The minimum absolute atomic E-state index is 0.0948. The standard InChI is InChI=1S/C20H34N2O4/c1-3-13(2)18(20(25)26)22-19(24)15-8-10-16(11-9-15)21-17(23)12-14-6-4-5-7-14/h13-16,18H,3-12H2,1-2H3,(H,21,23)(H,22,24)(H,25,26)/t13-,15?,16?,18-/m0/s1. The molecule has 0 aromatic carbocycles. The smallest absolute Gasteiger partial charge is 0.326 e. The van der Waals surface area contributed by atoms with Crippen molar-refractivity contribution in [1.82, 2.24) is 10.6 Å². The second-order valence-corrected chi connectivity index (χ2v) is 8.18. The normalized spacial score (nSPS) is 26.1. The van der Waals surface area contributed by atoms with Gasteiger partial charge in [-0.05, 0) is 50.4 Å². The Morgan fingerprint density at radius 3 is 2.19 bits per heavy atom. The number of hydrogen-bond donors (Lipinski definition) is 3. The van der Waals surface area contributed by atoms with Crippen molar-refractivity contribution in [1.29, 1.82) is 0 Å². The fraction of sp³-hybridized carbons (Fsp3) is 0.850. The van der Waals surface area contributed by atoms with E-state index in [1.54, 1.807) is 0 Å². The lowest BCUT2D eigenvalue weighted by Crippen LogP contribution is -2.48. The number of carboxylic acid groups (broad SMARTS) is 1. The number of rotatable bonds is 8. The first-order chi connectivity index (χ1) is 12.4. The van der Waals surface area contributed by atoms with E-state index in [1.807, 2.05) is 13.8 Å². The molecule has 0 radical (unpaired) electrons. The highest BCUT2D eigenvalue weighted by Gasteiger charge is 2.32. The lowest BCUT2D eigenvalue weighted by atomic mass is 9.84. The first-order valence-electron chi connectivity index (χ1n) is 10.2. The molecular weight excluding hydrogens is 332 g/mol. The Bertz CT molecular complexity index is 494.